The monoisotopic (exact) mass is 448 g/mol. The van der Waals surface area contributed by atoms with Crippen molar-refractivity contribution in [3.8, 4) is 0 Å². The van der Waals surface area contributed by atoms with E-state index < -0.39 is 10.0 Å². The number of hydrogen-bond acceptors (Lipinski definition) is 7. The summed E-state index contributed by atoms with van der Waals surface area (Å²) in [5.41, 5.74) is 0.953. The van der Waals surface area contributed by atoms with Gasteiger partial charge >= 0.3 is 0 Å². The molecular formula is C14H18BrFN6O3S. The number of aromatic nitrogens is 2. The summed E-state index contributed by atoms with van der Waals surface area (Å²) in [5.74, 6) is 0.360. The van der Waals surface area contributed by atoms with Gasteiger partial charge in [-0.1, -0.05) is 0 Å². The van der Waals surface area contributed by atoms with Crippen LogP contribution in [0.5, 0.6) is 0 Å². The summed E-state index contributed by atoms with van der Waals surface area (Å²) < 4.78 is 42.8. The Balaban J connectivity index is 1.99. The summed E-state index contributed by atoms with van der Waals surface area (Å²) in [6.07, 6.45) is 1.64. The van der Waals surface area contributed by atoms with Crippen LogP contribution >= 0.6 is 15.9 Å². The molecule has 0 radical (unpaired) electrons. The lowest BCUT2D eigenvalue weighted by Crippen LogP contribution is -2.24. The molecule has 2 rings (SSSR count). The van der Waals surface area contributed by atoms with Gasteiger partial charge in [0.1, 0.15) is 5.82 Å². The smallest absolute Gasteiger partial charge is 0.208 e. The van der Waals surface area contributed by atoms with Crippen LogP contribution < -0.4 is 15.4 Å². The standard InChI is InChI=1S/C14H18BrFN6O3S/c1-17-13(20-9-4-5-11(16)10(15)8-9)12-14(22-25-21-12)18-6-3-7-19-26(2,23)24/h4-5,8,19H,3,6-7H2,1-2H3,(H,17,20)(H,18,22). The van der Waals surface area contributed by atoms with Crippen molar-refractivity contribution in [1.82, 2.24) is 15.0 Å². The van der Waals surface area contributed by atoms with E-state index in [0.29, 0.717) is 47.0 Å². The summed E-state index contributed by atoms with van der Waals surface area (Å²) >= 11 is 3.12. The van der Waals surface area contributed by atoms with E-state index in [9.17, 15) is 12.8 Å². The third kappa shape index (κ3) is 6.04. The first kappa shape index (κ1) is 20.3. The Morgan fingerprint density at radius 1 is 1.35 bits per heavy atom. The van der Waals surface area contributed by atoms with Gasteiger partial charge in [0.2, 0.25) is 15.8 Å². The average molecular weight is 449 g/mol. The van der Waals surface area contributed by atoms with Gasteiger partial charge in [0.25, 0.3) is 0 Å². The second-order valence-corrected chi connectivity index (χ2v) is 7.92. The van der Waals surface area contributed by atoms with Crippen molar-refractivity contribution in [2.45, 2.75) is 6.42 Å². The molecule has 0 aliphatic carbocycles. The van der Waals surface area contributed by atoms with Crippen LogP contribution in [0.25, 0.3) is 0 Å². The molecule has 0 fully saturated rings. The molecule has 0 amide bonds. The minimum absolute atomic E-state index is 0.295. The summed E-state index contributed by atoms with van der Waals surface area (Å²) in [6.45, 7) is 0.742. The highest BCUT2D eigenvalue weighted by Crippen LogP contribution is 2.21. The van der Waals surface area contributed by atoms with Crippen molar-refractivity contribution in [3.05, 3.63) is 34.2 Å². The van der Waals surface area contributed by atoms with E-state index in [1.165, 1.54) is 6.07 Å². The van der Waals surface area contributed by atoms with Crippen LogP contribution in [0.4, 0.5) is 15.9 Å². The van der Waals surface area contributed by atoms with Crippen molar-refractivity contribution in [1.29, 1.82) is 0 Å². The fourth-order valence-electron chi connectivity index (χ4n) is 1.94. The molecule has 12 heteroatoms. The van der Waals surface area contributed by atoms with E-state index in [0.717, 1.165) is 6.26 Å². The first-order valence-electron chi connectivity index (χ1n) is 7.50. The number of nitrogens with one attached hydrogen (secondary N) is 3. The molecule has 0 bridgehead atoms. The second kappa shape index (κ2) is 9.05. The molecule has 3 N–H and O–H groups in total. The number of nitrogens with zero attached hydrogens (tertiary/aromatic N) is 3. The number of amidine groups is 1. The van der Waals surface area contributed by atoms with Gasteiger partial charge in [0.05, 0.1) is 10.7 Å². The van der Waals surface area contributed by atoms with Crippen LogP contribution in [0.15, 0.2) is 32.3 Å². The molecule has 1 aromatic carbocycles. The molecule has 26 heavy (non-hydrogen) atoms. The van der Waals surface area contributed by atoms with Crippen LogP contribution in [0.1, 0.15) is 12.1 Å². The molecule has 1 heterocycles. The minimum atomic E-state index is -3.21. The van der Waals surface area contributed by atoms with Gasteiger partial charge < -0.3 is 10.6 Å². The lowest BCUT2D eigenvalue weighted by Gasteiger charge is -2.09. The van der Waals surface area contributed by atoms with Crippen LogP contribution in [0, 0.1) is 5.82 Å². The maximum absolute atomic E-state index is 13.3. The number of anilines is 2. The minimum Gasteiger partial charge on any atom is -0.365 e. The molecule has 0 saturated heterocycles. The molecule has 0 atom stereocenters. The Bertz CT molecular complexity index is 887. The Kier molecular flexibility index (Phi) is 7.06. The lowest BCUT2D eigenvalue weighted by molar-refractivity contribution is 0.308. The van der Waals surface area contributed by atoms with E-state index in [1.807, 2.05) is 0 Å². The molecule has 0 aliphatic heterocycles. The molecule has 0 unspecified atom stereocenters. The summed E-state index contributed by atoms with van der Waals surface area (Å²) in [5, 5.41) is 13.6. The maximum Gasteiger partial charge on any atom is 0.208 e. The van der Waals surface area contributed by atoms with Crippen molar-refractivity contribution < 1.29 is 17.4 Å². The normalized spacial score (nSPS) is 12.2. The zero-order valence-electron chi connectivity index (χ0n) is 14.1. The summed E-state index contributed by atoms with van der Waals surface area (Å²) in [7, 11) is -1.64. The van der Waals surface area contributed by atoms with Crippen LogP contribution in [0.3, 0.4) is 0 Å². The molecular weight excluding hydrogens is 431 g/mol. The number of sulfonamides is 1. The van der Waals surface area contributed by atoms with Gasteiger partial charge in [-0.2, -0.15) is 0 Å². The predicted molar refractivity (Wildman–Crippen MR) is 100 cm³/mol. The quantitative estimate of drug-likeness (QED) is 0.319. The first-order chi connectivity index (χ1) is 12.3. The second-order valence-electron chi connectivity index (χ2n) is 5.23. The summed E-state index contributed by atoms with van der Waals surface area (Å²) in [4.78, 5) is 4.12. The van der Waals surface area contributed by atoms with Gasteiger partial charge in [-0.3, -0.25) is 4.99 Å². The lowest BCUT2D eigenvalue weighted by atomic mass is 10.3. The topological polar surface area (TPSA) is 122 Å². The highest BCUT2D eigenvalue weighted by molar-refractivity contribution is 9.10. The third-order valence-corrected chi connectivity index (χ3v) is 4.47. The number of hydrogen-bond donors (Lipinski definition) is 3. The molecule has 0 saturated carbocycles. The molecule has 9 nitrogen and oxygen atoms in total. The van der Waals surface area contributed by atoms with Gasteiger partial charge in [0, 0.05) is 25.8 Å². The Morgan fingerprint density at radius 2 is 2.12 bits per heavy atom. The number of benzene rings is 1. The largest absolute Gasteiger partial charge is 0.365 e. The Morgan fingerprint density at radius 3 is 2.77 bits per heavy atom. The highest BCUT2D eigenvalue weighted by Gasteiger charge is 2.16. The van der Waals surface area contributed by atoms with E-state index in [1.54, 1.807) is 19.2 Å². The van der Waals surface area contributed by atoms with E-state index >= 15 is 0 Å². The Hall–Kier alpha value is -2.05. The van der Waals surface area contributed by atoms with Crippen molar-refractivity contribution >= 4 is 43.3 Å². The van der Waals surface area contributed by atoms with Crippen LogP contribution in [-0.2, 0) is 10.0 Å². The maximum atomic E-state index is 13.3. The SMILES string of the molecule is C/N=C(\Nc1ccc(F)c(Br)c1)c1nonc1NCCCNS(C)(=O)=O. The van der Waals surface area contributed by atoms with Gasteiger partial charge in [-0.25, -0.2) is 22.2 Å². The average Bonchev–Trinajstić information content (AvgIpc) is 3.03. The van der Waals surface area contributed by atoms with Crippen LogP contribution in [-0.4, -0.2) is 51.0 Å². The number of aliphatic imine (C=N–C) groups is 1. The van der Waals surface area contributed by atoms with E-state index in [-0.39, 0.29) is 5.82 Å². The fraction of sp³-hybridized carbons (Fsp3) is 0.357. The zero-order chi connectivity index (χ0) is 19.2. The van der Waals surface area contributed by atoms with Gasteiger partial charge in [-0.15, -0.1) is 0 Å². The van der Waals surface area contributed by atoms with Gasteiger partial charge in [-0.05, 0) is 50.9 Å². The third-order valence-electron chi connectivity index (χ3n) is 3.13. The van der Waals surface area contributed by atoms with Crippen molar-refractivity contribution in [2.75, 3.05) is 37.0 Å². The van der Waals surface area contributed by atoms with Crippen molar-refractivity contribution in [3.63, 3.8) is 0 Å². The van der Waals surface area contributed by atoms with Crippen molar-refractivity contribution in [2.24, 2.45) is 4.99 Å². The highest BCUT2D eigenvalue weighted by atomic mass is 79.9. The summed E-state index contributed by atoms with van der Waals surface area (Å²) in [6, 6.07) is 4.44. The van der Waals surface area contributed by atoms with E-state index in [2.05, 4.69) is 46.6 Å². The fourth-order valence-corrected chi connectivity index (χ4v) is 2.84. The number of halogens is 2. The predicted octanol–water partition coefficient (Wildman–Crippen LogP) is 1.81. The Labute approximate surface area is 158 Å². The zero-order valence-corrected chi connectivity index (χ0v) is 16.5. The van der Waals surface area contributed by atoms with Gasteiger partial charge in [0.15, 0.2) is 11.5 Å². The van der Waals surface area contributed by atoms with Crippen LogP contribution in [0.2, 0.25) is 0 Å². The molecule has 142 valence electrons. The number of rotatable bonds is 8. The van der Waals surface area contributed by atoms with E-state index in [4.69, 9.17) is 4.63 Å². The molecule has 0 aliphatic rings. The first-order valence-corrected chi connectivity index (χ1v) is 10.2. The molecule has 1 aromatic heterocycles. The molecule has 2 aromatic rings. The molecule has 0 spiro atoms.